The van der Waals surface area contributed by atoms with Gasteiger partial charge in [-0.25, -0.2) is 0 Å². The molecule has 0 amide bonds. The number of hydrogen-bond acceptors (Lipinski definition) is 1. The molecule has 0 aromatic rings. The fraction of sp³-hybridized carbons (Fsp3) is 0.667. The molecule has 0 aliphatic rings. The summed E-state index contributed by atoms with van der Waals surface area (Å²) in [7, 11) is 0. The lowest BCUT2D eigenvalue weighted by Gasteiger charge is -2.13. The fourth-order valence-electron chi connectivity index (χ4n) is 0.604. The monoisotopic (exact) mass is 141 g/mol. The van der Waals surface area contributed by atoms with Crippen molar-refractivity contribution in [2.24, 2.45) is 0 Å². The fourth-order valence-corrected chi connectivity index (χ4v) is 0.604. The third-order valence-electron chi connectivity index (χ3n) is 1.16. The highest BCUT2D eigenvalue weighted by Gasteiger charge is 2.07. The highest BCUT2D eigenvalue weighted by Crippen LogP contribution is 2.07. The highest BCUT2D eigenvalue weighted by molar-refractivity contribution is 4.89. The van der Waals surface area contributed by atoms with Crippen LogP contribution in [0, 0.1) is 6.42 Å². The first-order chi connectivity index (χ1) is 4.56. The van der Waals surface area contributed by atoms with Crippen molar-refractivity contribution < 1.29 is 5.11 Å². The van der Waals surface area contributed by atoms with Crippen LogP contribution in [0.3, 0.4) is 0 Å². The van der Waals surface area contributed by atoms with E-state index in [4.69, 9.17) is 0 Å². The lowest BCUT2D eigenvalue weighted by Crippen LogP contribution is -2.16. The SMILES string of the molecule is C[CH]C/C=C\CC(C)(C)O. The van der Waals surface area contributed by atoms with Gasteiger partial charge in [-0.2, -0.15) is 0 Å². The Labute approximate surface area is 63.8 Å². The molecule has 0 aromatic heterocycles. The molecule has 0 spiro atoms. The van der Waals surface area contributed by atoms with Crippen LogP contribution in [-0.4, -0.2) is 10.7 Å². The summed E-state index contributed by atoms with van der Waals surface area (Å²) in [6.45, 7) is 5.65. The van der Waals surface area contributed by atoms with Gasteiger partial charge in [0.25, 0.3) is 0 Å². The quantitative estimate of drug-likeness (QED) is 0.596. The predicted molar refractivity (Wildman–Crippen MR) is 44.6 cm³/mol. The first-order valence-electron chi connectivity index (χ1n) is 3.71. The summed E-state index contributed by atoms with van der Waals surface area (Å²) in [6, 6.07) is 0. The van der Waals surface area contributed by atoms with E-state index in [0.717, 1.165) is 12.8 Å². The van der Waals surface area contributed by atoms with Crippen molar-refractivity contribution in [1.29, 1.82) is 0 Å². The maximum Gasteiger partial charge on any atom is 0.0626 e. The summed E-state index contributed by atoms with van der Waals surface area (Å²) in [6.07, 6.45) is 7.90. The maximum absolute atomic E-state index is 9.26. The first kappa shape index (κ1) is 9.70. The molecule has 59 valence electrons. The zero-order valence-electron chi connectivity index (χ0n) is 7.09. The van der Waals surface area contributed by atoms with Crippen molar-refractivity contribution in [3.63, 3.8) is 0 Å². The van der Waals surface area contributed by atoms with Crippen molar-refractivity contribution in [3.05, 3.63) is 18.6 Å². The van der Waals surface area contributed by atoms with Crippen molar-refractivity contribution in [1.82, 2.24) is 0 Å². The summed E-state index contributed by atoms with van der Waals surface area (Å²) in [5.41, 5.74) is -0.551. The average Bonchev–Trinajstić information content (AvgIpc) is 1.78. The summed E-state index contributed by atoms with van der Waals surface area (Å²) in [5, 5.41) is 9.26. The number of rotatable bonds is 4. The molecule has 1 nitrogen and oxygen atoms in total. The molecule has 0 heterocycles. The summed E-state index contributed by atoms with van der Waals surface area (Å²) < 4.78 is 0. The van der Waals surface area contributed by atoms with Gasteiger partial charge in [-0.1, -0.05) is 19.1 Å². The maximum atomic E-state index is 9.26. The van der Waals surface area contributed by atoms with E-state index in [1.54, 1.807) is 0 Å². The molecule has 0 rings (SSSR count). The Hall–Kier alpha value is -0.300. The average molecular weight is 141 g/mol. The molecular weight excluding hydrogens is 124 g/mol. The van der Waals surface area contributed by atoms with Crippen LogP contribution in [0.2, 0.25) is 0 Å². The van der Waals surface area contributed by atoms with Crippen molar-refractivity contribution in [3.8, 4) is 0 Å². The number of unbranched alkanes of at least 4 members (excludes halogenated alkanes) is 1. The van der Waals surface area contributed by atoms with E-state index in [9.17, 15) is 5.11 Å². The number of allylic oxidation sites excluding steroid dienone is 1. The predicted octanol–water partition coefficient (Wildman–Crippen LogP) is 2.32. The minimum absolute atomic E-state index is 0.551. The topological polar surface area (TPSA) is 20.2 Å². The standard InChI is InChI=1S/C9H17O/c1-4-5-6-7-8-9(2,3)10/h4,6-7,10H,5,8H2,1-3H3/b7-6-. The molecule has 0 aliphatic heterocycles. The lowest BCUT2D eigenvalue weighted by atomic mass is 10.1. The third kappa shape index (κ3) is 7.70. The zero-order chi connectivity index (χ0) is 8.04. The molecule has 1 radical (unpaired) electrons. The van der Waals surface area contributed by atoms with Gasteiger partial charge < -0.3 is 5.11 Å². The molecule has 0 saturated carbocycles. The highest BCUT2D eigenvalue weighted by atomic mass is 16.3. The summed E-state index contributed by atoms with van der Waals surface area (Å²) in [4.78, 5) is 0. The molecule has 0 aliphatic carbocycles. The normalized spacial score (nSPS) is 12.8. The van der Waals surface area contributed by atoms with Crippen LogP contribution in [0.15, 0.2) is 12.2 Å². The second-order valence-electron chi connectivity index (χ2n) is 3.13. The van der Waals surface area contributed by atoms with Gasteiger partial charge >= 0.3 is 0 Å². The smallest absolute Gasteiger partial charge is 0.0626 e. The Morgan fingerprint density at radius 3 is 2.30 bits per heavy atom. The van der Waals surface area contributed by atoms with Crippen LogP contribution >= 0.6 is 0 Å². The van der Waals surface area contributed by atoms with E-state index in [2.05, 4.69) is 12.5 Å². The Morgan fingerprint density at radius 2 is 1.90 bits per heavy atom. The Balaban J connectivity index is 3.34. The van der Waals surface area contributed by atoms with Crippen molar-refractivity contribution in [2.75, 3.05) is 0 Å². The Kier molecular flexibility index (Phi) is 4.37. The Bertz CT molecular complexity index is 97.8. The van der Waals surface area contributed by atoms with Gasteiger partial charge in [0.05, 0.1) is 5.60 Å². The molecule has 10 heavy (non-hydrogen) atoms. The van der Waals surface area contributed by atoms with Gasteiger partial charge in [0.2, 0.25) is 0 Å². The molecule has 1 N–H and O–H groups in total. The van der Waals surface area contributed by atoms with Gasteiger partial charge in [-0.05, 0) is 33.1 Å². The molecule has 0 atom stereocenters. The lowest BCUT2D eigenvalue weighted by molar-refractivity contribution is 0.0838. The number of hydrogen-bond donors (Lipinski definition) is 1. The van der Waals surface area contributed by atoms with Crippen LogP contribution in [0.5, 0.6) is 0 Å². The van der Waals surface area contributed by atoms with E-state index in [1.807, 2.05) is 26.8 Å². The van der Waals surface area contributed by atoms with E-state index >= 15 is 0 Å². The second-order valence-corrected chi connectivity index (χ2v) is 3.13. The van der Waals surface area contributed by atoms with Crippen LogP contribution in [-0.2, 0) is 0 Å². The largest absolute Gasteiger partial charge is 0.390 e. The van der Waals surface area contributed by atoms with Crippen LogP contribution in [0.25, 0.3) is 0 Å². The van der Waals surface area contributed by atoms with Gasteiger partial charge in [-0.15, -0.1) is 0 Å². The summed E-state index contributed by atoms with van der Waals surface area (Å²) in [5.74, 6) is 0. The van der Waals surface area contributed by atoms with Gasteiger partial charge in [0.1, 0.15) is 0 Å². The van der Waals surface area contributed by atoms with E-state index in [1.165, 1.54) is 0 Å². The van der Waals surface area contributed by atoms with Crippen LogP contribution in [0.1, 0.15) is 33.6 Å². The van der Waals surface area contributed by atoms with Gasteiger partial charge in [-0.3, -0.25) is 0 Å². The molecule has 0 fully saturated rings. The molecule has 0 saturated heterocycles. The molecule has 0 unspecified atom stereocenters. The van der Waals surface area contributed by atoms with Crippen LogP contribution < -0.4 is 0 Å². The first-order valence-corrected chi connectivity index (χ1v) is 3.71. The molecular formula is C9H17O. The zero-order valence-corrected chi connectivity index (χ0v) is 7.09. The summed E-state index contributed by atoms with van der Waals surface area (Å²) >= 11 is 0. The van der Waals surface area contributed by atoms with Gasteiger partial charge in [0, 0.05) is 0 Å². The molecule has 1 heteroatoms. The minimum atomic E-state index is -0.551. The molecule has 0 aromatic carbocycles. The minimum Gasteiger partial charge on any atom is -0.390 e. The van der Waals surface area contributed by atoms with Gasteiger partial charge in [0.15, 0.2) is 0 Å². The van der Waals surface area contributed by atoms with Crippen LogP contribution in [0.4, 0.5) is 0 Å². The van der Waals surface area contributed by atoms with Crippen molar-refractivity contribution >= 4 is 0 Å². The Morgan fingerprint density at radius 1 is 1.30 bits per heavy atom. The van der Waals surface area contributed by atoms with E-state index in [-0.39, 0.29) is 0 Å². The second kappa shape index (κ2) is 4.51. The van der Waals surface area contributed by atoms with E-state index < -0.39 is 5.60 Å². The number of aliphatic hydroxyl groups is 1. The van der Waals surface area contributed by atoms with E-state index in [0.29, 0.717) is 0 Å². The third-order valence-corrected chi connectivity index (χ3v) is 1.16. The molecule has 0 bridgehead atoms. The van der Waals surface area contributed by atoms with Crippen molar-refractivity contribution in [2.45, 2.75) is 39.2 Å².